The van der Waals surface area contributed by atoms with Crippen molar-refractivity contribution in [2.45, 2.75) is 26.2 Å². The van der Waals surface area contributed by atoms with E-state index in [1.54, 1.807) is 12.1 Å². The molecule has 0 aliphatic carbocycles. The molecule has 142 valence electrons. The van der Waals surface area contributed by atoms with Gasteiger partial charge in [0, 0.05) is 11.1 Å². The summed E-state index contributed by atoms with van der Waals surface area (Å²) in [6.45, 7) is 3.80. The molecule has 0 spiro atoms. The van der Waals surface area contributed by atoms with Gasteiger partial charge in [-0.05, 0) is 36.2 Å². The normalized spacial score (nSPS) is 11.7. The van der Waals surface area contributed by atoms with E-state index in [2.05, 4.69) is 10.1 Å². The van der Waals surface area contributed by atoms with E-state index in [4.69, 9.17) is 0 Å². The van der Waals surface area contributed by atoms with Crippen LogP contribution in [0, 0.1) is 5.82 Å². The Morgan fingerprint density at radius 2 is 1.61 bits per heavy atom. The molecule has 28 heavy (non-hydrogen) atoms. The number of alkyl halides is 2. The van der Waals surface area contributed by atoms with Gasteiger partial charge >= 0.3 is 0 Å². The van der Waals surface area contributed by atoms with E-state index >= 15 is 0 Å². The van der Waals surface area contributed by atoms with Crippen molar-refractivity contribution < 1.29 is 13.2 Å². The van der Waals surface area contributed by atoms with Gasteiger partial charge in [-0.25, -0.2) is 22.8 Å². The lowest BCUT2D eigenvalue weighted by Gasteiger charge is -2.09. The molecule has 0 N–H and O–H groups in total. The van der Waals surface area contributed by atoms with E-state index in [1.165, 1.54) is 22.9 Å². The number of aromatic nitrogens is 3. The number of halogens is 3. The van der Waals surface area contributed by atoms with Crippen molar-refractivity contribution in [3.63, 3.8) is 0 Å². The van der Waals surface area contributed by atoms with Crippen molar-refractivity contribution in [1.82, 2.24) is 14.8 Å². The van der Waals surface area contributed by atoms with Crippen LogP contribution in [0.25, 0.3) is 28.0 Å². The van der Waals surface area contributed by atoms with Gasteiger partial charge in [0.15, 0.2) is 5.65 Å². The molecule has 3 nitrogen and oxygen atoms in total. The van der Waals surface area contributed by atoms with Gasteiger partial charge in [0.25, 0.3) is 6.43 Å². The molecule has 4 aromatic rings. The van der Waals surface area contributed by atoms with Crippen LogP contribution in [-0.2, 0) is 0 Å². The van der Waals surface area contributed by atoms with Crippen LogP contribution < -0.4 is 0 Å². The van der Waals surface area contributed by atoms with Gasteiger partial charge in [-0.15, -0.1) is 0 Å². The minimum absolute atomic E-state index is 0.0777. The topological polar surface area (TPSA) is 30.7 Å². The van der Waals surface area contributed by atoms with Gasteiger partial charge in [-0.2, -0.15) is 5.10 Å². The lowest BCUT2D eigenvalue weighted by atomic mass is 10.0. The minimum Gasteiger partial charge on any atom is -0.228 e. The van der Waals surface area contributed by atoms with Crippen molar-refractivity contribution in [3.05, 3.63) is 77.7 Å². The number of hydrogen-bond acceptors (Lipinski definition) is 2. The van der Waals surface area contributed by atoms with E-state index in [1.807, 2.05) is 44.2 Å². The first-order valence-electron chi connectivity index (χ1n) is 8.98. The van der Waals surface area contributed by atoms with Crippen molar-refractivity contribution in [2.75, 3.05) is 0 Å². The predicted molar refractivity (Wildman–Crippen MR) is 103 cm³/mol. The van der Waals surface area contributed by atoms with Crippen LogP contribution in [0.5, 0.6) is 0 Å². The van der Waals surface area contributed by atoms with Gasteiger partial charge in [-0.3, -0.25) is 0 Å². The predicted octanol–water partition coefficient (Wildman–Crippen LogP) is 6.29. The van der Waals surface area contributed by atoms with Crippen LogP contribution in [0.4, 0.5) is 13.2 Å². The summed E-state index contributed by atoms with van der Waals surface area (Å²) in [5.41, 5.74) is 2.54. The molecule has 0 atom stereocenters. The third kappa shape index (κ3) is 3.15. The molecule has 6 heteroatoms. The zero-order valence-electron chi connectivity index (χ0n) is 15.4. The first-order chi connectivity index (χ1) is 13.5. The molecule has 0 saturated carbocycles. The maximum absolute atomic E-state index is 14.0. The molecule has 4 rings (SSSR count). The number of hydrogen-bond donors (Lipinski definition) is 0. The third-order valence-electron chi connectivity index (χ3n) is 4.62. The molecule has 0 bridgehead atoms. The van der Waals surface area contributed by atoms with Crippen LogP contribution in [0.1, 0.15) is 37.4 Å². The average Bonchev–Trinajstić information content (AvgIpc) is 3.08. The minimum atomic E-state index is -2.67. The summed E-state index contributed by atoms with van der Waals surface area (Å²) in [5, 5.41) is 4.92. The number of benzene rings is 2. The van der Waals surface area contributed by atoms with Gasteiger partial charge < -0.3 is 0 Å². The Morgan fingerprint density at radius 1 is 0.929 bits per heavy atom. The highest BCUT2D eigenvalue weighted by Gasteiger charge is 2.24. The largest absolute Gasteiger partial charge is 0.264 e. The van der Waals surface area contributed by atoms with Gasteiger partial charge in [0.2, 0.25) is 0 Å². The molecule has 0 amide bonds. The van der Waals surface area contributed by atoms with Crippen LogP contribution >= 0.6 is 0 Å². The third-order valence-corrected chi connectivity index (χ3v) is 4.62. The highest BCUT2D eigenvalue weighted by Crippen LogP contribution is 2.36. The second-order valence-electron chi connectivity index (χ2n) is 6.89. The summed E-state index contributed by atoms with van der Waals surface area (Å²) in [6.07, 6.45) is -2.67. The fourth-order valence-corrected chi connectivity index (χ4v) is 3.27. The Bertz CT molecular complexity index is 1120. The standard InChI is InChI=1S/C22H18F3N3/c1-13(2)20-19-17(21(24)25)12-18(14-6-4-3-5-7-14)26-22(19)28(27-20)16-10-8-15(23)9-11-16/h3-13,21H,1-2H3. The lowest BCUT2D eigenvalue weighted by Crippen LogP contribution is -2.00. The van der Waals surface area contributed by atoms with Crippen LogP contribution in [0.15, 0.2) is 60.7 Å². The van der Waals surface area contributed by atoms with Crippen molar-refractivity contribution >= 4 is 11.0 Å². The Kier molecular flexibility index (Phi) is 4.63. The summed E-state index contributed by atoms with van der Waals surface area (Å²) in [6, 6.07) is 16.4. The zero-order valence-corrected chi connectivity index (χ0v) is 15.4. The Balaban J connectivity index is 2.07. The van der Waals surface area contributed by atoms with Crippen LogP contribution in [0.2, 0.25) is 0 Å². The summed E-state index contributed by atoms with van der Waals surface area (Å²) >= 11 is 0. The second kappa shape index (κ2) is 7.11. The molecule has 2 aromatic heterocycles. The Hall–Kier alpha value is -3.15. The van der Waals surface area contributed by atoms with E-state index < -0.39 is 6.43 Å². The number of rotatable bonds is 4. The number of pyridine rings is 1. The molecule has 0 aliphatic rings. The molecule has 0 fully saturated rings. The average molecular weight is 381 g/mol. The first kappa shape index (κ1) is 18.2. The fraction of sp³-hybridized carbons (Fsp3) is 0.182. The Labute approximate surface area is 160 Å². The summed E-state index contributed by atoms with van der Waals surface area (Å²) < 4.78 is 42.8. The highest BCUT2D eigenvalue weighted by molar-refractivity contribution is 5.87. The summed E-state index contributed by atoms with van der Waals surface area (Å²) in [5.74, 6) is -0.457. The van der Waals surface area contributed by atoms with E-state index in [0.717, 1.165) is 5.56 Å². The second-order valence-corrected chi connectivity index (χ2v) is 6.89. The van der Waals surface area contributed by atoms with Crippen molar-refractivity contribution in [3.8, 4) is 16.9 Å². The molecule has 0 radical (unpaired) electrons. The first-order valence-corrected chi connectivity index (χ1v) is 8.98. The quantitative estimate of drug-likeness (QED) is 0.416. The van der Waals surface area contributed by atoms with Gasteiger partial charge in [-0.1, -0.05) is 44.2 Å². The van der Waals surface area contributed by atoms with Crippen molar-refractivity contribution in [2.24, 2.45) is 0 Å². The van der Waals surface area contributed by atoms with Crippen LogP contribution in [0.3, 0.4) is 0 Å². The maximum atomic E-state index is 14.0. The van der Waals surface area contributed by atoms with Crippen molar-refractivity contribution in [1.29, 1.82) is 0 Å². The lowest BCUT2D eigenvalue weighted by molar-refractivity contribution is 0.153. The number of nitrogens with zero attached hydrogens (tertiary/aromatic N) is 3. The zero-order chi connectivity index (χ0) is 19.8. The van der Waals surface area contributed by atoms with E-state index in [0.29, 0.717) is 28.1 Å². The summed E-state index contributed by atoms with van der Waals surface area (Å²) in [4.78, 5) is 4.66. The molecule has 0 unspecified atom stereocenters. The van der Waals surface area contributed by atoms with E-state index in [9.17, 15) is 13.2 Å². The molecule has 2 heterocycles. The fourth-order valence-electron chi connectivity index (χ4n) is 3.27. The van der Waals surface area contributed by atoms with E-state index in [-0.39, 0.29) is 17.3 Å². The smallest absolute Gasteiger partial charge is 0.228 e. The molecule has 0 aliphatic heterocycles. The molecule has 0 saturated heterocycles. The highest BCUT2D eigenvalue weighted by atomic mass is 19.3. The van der Waals surface area contributed by atoms with Gasteiger partial charge in [0.05, 0.1) is 22.5 Å². The monoisotopic (exact) mass is 381 g/mol. The molecular weight excluding hydrogens is 363 g/mol. The molecule has 2 aromatic carbocycles. The SMILES string of the molecule is CC(C)c1nn(-c2ccc(F)cc2)c2nc(-c3ccccc3)cc(C(F)F)c12. The van der Waals surface area contributed by atoms with Gasteiger partial charge in [0.1, 0.15) is 5.82 Å². The van der Waals surface area contributed by atoms with Crippen LogP contribution in [-0.4, -0.2) is 14.8 Å². The Morgan fingerprint density at radius 3 is 2.21 bits per heavy atom. The summed E-state index contributed by atoms with van der Waals surface area (Å²) in [7, 11) is 0. The molecular formula is C22H18F3N3. The maximum Gasteiger partial charge on any atom is 0.264 e. The number of fused-ring (bicyclic) bond motifs is 1.